The van der Waals surface area contributed by atoms with E-state index in [-0.39, 0.29) is 11.2 Å². The molecular weight excluding hydrogens is 462 g/mol. The highest BCUT2D eigenvalue weighted by molar-refractivity contribution is 5.69. The van der Waals surface area contributed by atoms with E-state index < -0.39 is 72.4 Å². The number of hydrogen-bond acceptors (Lipinski definition) is 13. The second-order valence-electron chi connectivity index (χ2n) is 7.21. The molecular formula is C18H21N5O11. The second-order valence-corrected chi connectivity index (χ2v) is 7.21. The summed E-state index contributed by atoms with van der Waals surface area (Å²) in [5, 5.41) is 9.67. The molecule has 1 saturated heterocycles. The van der Waals surface area contributed by atoms with Crippen LogP contribution in [0.1, 0.15) is 33.9 Å². The molecule has 2 aromatic rings. The van der Waals surface area contributed by atoms with Crippen LogP contribution in [-0.2, 0) is 42.9 Å². The van der Waals surface area contributed by atoms with Crippen molar-refractivity contribution in [2.24, 2.45) is 0 Å². The topological polar surface area (TPSA) is 211 Å². The van der Waals surface area contributed by atoms with Gasteiger partial charge in [-0.2, -0.15) is 5.21 Å². The molecule has 3 rings (SSSR count). The quantitative estimate of drug-likeness (QED) is 0.339. The first-order valence-corrected chi connectivity index (χ1v) is 9.85. The summed E-state index contributed by atoms with van der Waals surface area (Å²) in [6.07, 6.45) is -7.37. The number of fused-ring (bicyclic) bond motifs is 1. The van der Waals surface area contributed by atoms with Gasteiger partial charge in [-0.1, -0.05) is 0 Å². The van der Waals surface area contributed by atoms with Crippen molar-refractivity contribution < 1.29 is 42.9 Å². The third-order valence-electron chi connectivity index (χ3n) is 4.63. The van der Waals surface area contributed by atoms with E-state index in [2.05, 4.69) is 15.4 Å². The number of aromatic amines is 2. The zero-order valence-electron chi connectivity index (χ0n) is 18.4. The Kier molecular flexibility index (Phi) is 7.09. The smallest absolute Gasteiger partial charge is 0.332 e. The van der Waals surface area contributed by atoms with Gasteiger partial charge in [-0.3, -0.25) is 29.0 Å². The molecule has 5 atom stereocenters. The lowest BCUT2D eigenvalue weighted by Gasteiger charge is -2.44. The first-order chi connectivity index (χ1) is 16.0. The van der Waals surface area contributed by atoms with Gasteiger partial charge in [0.1, 0.15) is 12.7 Å². The van der Waals surface area contributed by atoms with Crippen LogP contribution >= 0.6 is 0 Å². The Morgan fingerprint density at radius 3 is 2.06 bits per heavy atom. The zero-order valence-corrected chi connectivity index (χ0v) is 18.4. The number of H-pyrrole nitrogens is 2. The molecule has 1 fully saturated rings. The Bertz CT molecular complexity index is 1230. The van der Waals surface area contributed by atoms with E-state index in [1.165, 1.54) is 0 Å². The van der Waals surface area contributed by atoms with Crippen molar-refractivity contribution in [3.63, 3.8) is 0 Å². The maximum absolute atomic E-state index is 12.8. The summed E-state index contributed by atoms with van der Waals surface area (Å²) < 4.78 is 27.6. The highest BCUT2D eigenvalue weighted by atomic mass is 16.7. The number of esters is 4. The van der Waals surface area contributed by atoms with Crippen LogP contribution in [0, 0.1) is 0 Å². The zero-order chi connectivity index (χ0) is 25.2. The number of aromatic nitrogens is 5. The van der Waals surface area contributed by atoms with Gasteiger partial charge >= 0.3 is 29.6 Å². The summed E-state index contributed by atoms with van der Waals surface area (Å²) in [6, 6.07) is 0. The minimum atomic E-state index is -1.59. The van der Waals surface area contributed by atoms with Gasteiger partial charge in [0.05, 0.1) is 0 Å². The van der Waals surface area contributed by atoms with Crippen molar-refractivity contribution in [1.82, 2.24) is 25.0 Å². The molecule has 0 saturated carbocycles. The summed E-state index contributed by atoms with van der Waals surface area (Å²) in [7, 11) is 0. The van der Waals surface area contributed by atoms with Gasteiger partial charge in [0.25, 0.3) is 5.56 Å². The number of rotatable bonds is 6. The van der Waals surface area contributed by atoms with Crippen molar-refractivity contribution in [2.45, 2.75) is 58.3 Å². The van der Waals surface area contributed by atoms with E-state index in [9.17, 15) is 28.8 Å². The number of nitrogens with one attached hydrogen (secondary N) is 2. The van der Waals surface area contributed by atoms with Gasteiger partial charge < -0.3 is 23.7 Å². The van der Waals surface area contributed by atoms with Crippen molar-refractivity contribution in [3.05, 3.63) is 20.8 Å². The fourth-order valence-corrected chi connectivity index (χ4v) is 3.51. The summed E-state index contributed by atoms with van der Waals surface area (Å²) in [5.74, 6) is -3.21. The van der Waals surface area contributed by atoms with Gasteiger partial charge in [-0.05, 0) is 0 Å². The van der Waals surface area contributed by atoms with E-state index in [0.29, 0.717) is 0 Å². The van der Waals surface area contributed by atoms with Crippen LogP contribution in [0.3, 0.4) is 0 Å². The molecule has 3 heterocycles. The minimum absolute atomic E-state index is 0.269. The van der Waals surface area contributed by atoms with Crippen molar-refractivity contribution in [3.8, 4) is 0 Å². The van der Waals surface area contributed by atoms with Gasteiger partial charge in [-0.15, -0.1) is 10.2 Å². The maximum atomic E-state index is 12.8. The summed E-state index contributed by atoms with van der Waals surface area (Å²) in [5.41, 5.74) is -2.41. The Morgan fingerprint density at radius 1 is 0.882 bits per heavy atom. The Balaban J connectivity index is 2.21. The lowest BCUT2D eigenvalue weighted by atomic mass is 9.97. The van der Waals surface area contributed by atoms with E-state index >= 15 is 0 Å². The normalized spacial score (nSPS) is 24.3. The highest BCUT2D eigenvalue weighted by Gasteiger charge is 2.53. The summed E-state index contributed by atoms with van der Waals surface area (Å²) in [4.78, 5) is 73.9. The number of nitrogens with zero attached hydrogens (tertiary/aromatic N) is 3. The molecule has 2 aromatic heterocycles. The van der Waals surface area contributed by atoms with Crippen LogP contribution < -0.4 is 11.2 Å². The lowest BCUT2D eigenvalue weighted by Crippen LogP contribution is -2.61. The number of carbonyl (C=O) groups is 4. The molecule has 0 aromatic carbocycles. The highest BCUT2D eigenvalue weighted by Crippen LogP contribution is 2.34. The first kappa shape index (κ1) is 24.6. The molecule has 0 unspecified atom stereocenters. The molecule has 0 amide bonds. The SMILES string of the molecule is CC(=O)OC[C@H]1O[C@@H](n2c(=O)[nH]c(=O)c3n[nH]nc32)[C@@H](OC(C)=O)[C@@H](OC(C)=O)[C@@H]1OC(C)=O. The van der Waals surface area contributed by atoms with E-state index in [1.54, 1.807) is 0 Å². The Hall–Kier alpha value is -4.08. The molecule has 16 nitrogen and oxygen atoms in total. The first-order valence-electron chi connectivity index (χ1n) is 9.85. The standard InChI is InChI=1S/C18H21N5O11/c1-6(24)30-5-10-12(31-7(2)25)13(32-8(3)26)14(33-9(4)27)17(34-10)23-15-11(20-22-21-15)16(28)19-18(23)29/h10,12-14,17H,5H2,1-4H3,(H,19,28,29)(H,20,21,22)/t10-,12-,13+,14+,17-/m1/s1. The van der Waals surface area contributed by atoms with Crippen LogP contribution in [0.25, 0.3) is 11.2 Å². The van der Waals surface area contributed by atoms with E-state index in [4.69, 9.17) is 23.7 Å². The van der Waals surface area contributed by atoms with Crippen molar-refractivity contribution in [2.75, 3.05) is 6.61 Å². The largest absolute Gasteiger partial charge is 0.463 e. The third-order valence-corrected chi connectivity index (χ3v) is 4.63. The van der Waals surface area contributed by atoms with Crippen LogP contribution in [-0.4, -0.2) is 79.9 Å². The summed E-state index contributed by atoms with van der Waals surface area (Å²) in [6.45, 7) is 3.82. The van der Waals surface area contributed by atoms with Gasteiger partial charge in [-0.25, -0.2) is 9.36 Å². The molecule has 1 aliphatic rings. The average Bonchev–Trinajstić information content (AvgIpc) is 3.19. The maximum Gasteiger partial charge on any atom is 0.332 e. The van der Waals surface area contributed by atoms with E-state index in [1.807, 2.05) is 4.98 Å². The molecule has 0 bridgehead atoms. The van der Waals surface area contributed by atoms with Crippen LogP contribution in [0.15, 0.2) is 9.59 Å². The molecule has 16 heteroatoms. The minimum Gasteiger partial charge on any atom is -0.463 e. The molecule has 0 spiro atoms. The second kappa shape index (κ2) is 9.82. The fraction of sp³-hybridized carbons (Fsp3) is 0.556. The van der Waals surface area contributed by atoms with E-state index in [0.717, 1.165) is 32.3 Å². The lowest BCUT2D eigenvalue weighted by molar-refractivity contribution is -0.268. The van der Waals surface area contributed by atoms with Crippen molar-refractivity contribution in [1.29, 1.82) is 0 Å². The molecule has 0 radical (unpaired) electrons. The Labute approximate surface area is 189 Å². The van der Waals surface area contributed by atoms with Gasteiger partial charge in [0.15, 0.2) is 35.7 Å². The van der Waals surface area contributed by atoms with Crippen LogP contribution in [0.4, 0.5) is 0 Å². The third kappa shape index (κ3) is 5.11. The molecule has 1 aliphatic heterocycles. The molecule has 184 valence electrons. The molecule has 2 N–H and O–H groups in total. The van der Waals surface area contributed by atoms with Gasteiger partial charge in [0, 0.05) is 27.7 Å². The van der Waals surface area contributed by atoms with Crippen LogP contribution in [0.5, 0.6) is 0 Å². The molecule has 34 heavy (non-hydrogen) atoms. The fourth-order valence-electron chi connectivity index (χ4n) is 3.51. The Morgan fingerprint density at radius 2 is 1.47 bits per heavy atom. The summed E-state index contributed by atoms with van der Waals surface area (Å²) >= 11 is 0. The van der Waals surface area contributed by atoms with Crippen LogP contribution in [0.2, 0.25) is 0 Å². The predicted molar refractivity (Wildman–Crippen MR) is 106 cm³/mol. The average molecular weight is 483 g/mol. The molecule has 0 aliphatic carbocycles. The monoisotopic (exact) mass is 483 g/mol. The number of carbonyl (C=O) groups excluding carboxylic acids is 4. The van der Waals surface area contributed by atoms with Crippen molar-refractivity contribution >= 4 is 35.0 Å². The van der Waals surface area contributed by atoms with Gasteiger partial charge in [0.2, 0.25) is 0 Å². The number of hydrogen-bond donors (Lipinski definition) is 2. The number of ether oxygens (including phenoxy) is 5. The predicted octanol–water partition coefficient (Wildman–Crippen LogP) is -1.94.